The maximum atomic E-state index is 11.9. The second kappa shape index (κ2) is 5.94. The summed E-state index contributed by atoms with van der Waals surface area (Å²) in [7, 11) is 0. The van der Waals surface area contributed by atoms with Gasteiger partial charge in [-0.15, -0.1) is 0 Å². The Morgan fingerprint density at radius 1 is 1.50 bits per heavy atom. The fourth-order valence-corrected chi connectivity index (χ4v) is 2.04. The van der Waals surface area contributed by atoms with Gasteiger partial charge < -0.3 is 5.11 Å². The highest BCUT2D eigenvalue weighted by molar-refractivity contribution is 5.95. The molecular formula is C13H20O3. The van der Waals surface area contributed by atoms with Crippen molar-refractivity contribution < 1.29 is 14.7 Å². The quantitative estimate of drug-likeness (QED) is 0.777. The van der Waals surface area contributed by atoms with Crippen LogP contribution in [0.3, 0.4) is 0 Å². The summed E-state index contributed by atoms with van der Waals surface area (Å²) in [6, 6.07) is 0. The van der Waals surface area contributed by atoms with E-state index in [2.05, 4.69) is 0 Å². The highest BCUT2D eigenvalue weighted by atomic mass is 16.3. The molecule has 0 amide bonds. The summed E-state index contributed by atoms with van der Waals surface area (Å²) in [5.74, 6) is 0.187. The van der Waals surface area contributed by atoms with Gasteiger partial charge in [0.2, 0.25) is 0 Å². The van der Waals surface area contributed by atoms with Crippen LogP contribution < -0.4 is 0 Å². The highest BCUT2D eigenvalue weighted by Gasteiger charge is 2.31. The number of hydrogen-bond acceptors (Lipinski definition) is 3. The van der Waals surface area contributed by atoms with Crippen molar-refractivity contribution in [1.29, 1.82) is 0 Å². The number of hydrogen-bond donors (Lipinski definition) is 1. The Bertz CT molecular complexity index is 294. The first-order valence-electron chi connectivity index (χ1n) is 5.92. The first-order chi connectivity index (χ1) is 7.58. The second-order valence-corrected chi connectivity index (χ2v) is 4.73. The minimum Gasteiger partial charge on any atom is -0.396 e. The summed E-state index contributed by atoms with van der Waals surface area (Å²) >= 11 is 0. The molecule has 90 valence electrons. The number of Topliss-reactive ketones (excluding diaryl/α,β-unsaturated/α-hetero) is 1. The van der Waals surface area contributed by atoms with Gasteiger partial charge in [-0.05, 0) is 31.8 Å². The zero-order valence-corrected chi connectivity index (χ0v) is 9.87. The van der Waals surface area contributed by atoms with Crippen LogP contribution in [0.25, 0.3) is 0 Å². The molecule has 0 bridgehead atoms. The third-order valence-corrected chi connectivity index (χ3v) is 3.31. The molecule has 0 aromatic rings. The lowest BCUT2D eigenvalue weighted by molar-refractivity contribution is -0.125. The molecule has 0 aromatic heterocycles. The van der Waals surface area contributed by atoms with E-state index < -0.39 is 0 Å². The van der Waals surface area contributed by atoms with Crippen LogP contribution in [0, 0.1) is 5.41 Å². The SMILES string of the molecule is CC1(CCC(=O)CCO)CCCC=CC1=O. The van der Waals surface area contributed by atoms with E-state index in [1.807, 2.05) is 13.0 Å². The fraction of sp³-hybridized carbons (Fsp3) is 0.692. The molecule has 1 aliphatic rings. The number of carbonyl (C=O) groups excluding carboxylic acids is 2. The monoisotopic (exact) mass is 224 g/mol. The molecule has 0 saturated carbocycles. The topological polar surface area (TPSA) is 54.4 Å². The Kier molecular flexibility index (Phi) is 4.87. The minimum atomic E-state index is -0.377. The Balaban J connectivity index is 2.52. The molecule has 0 saturated heterocycles. The summed E-state index contributed by atoms with van der Waals surface area (Å²) in [5, 5.41) is 8.64. The molecule has 0 spiro atoms. The largest absolute Gasteiger partial charge is 0.396 e. The molecule has 16 heavy (non-hydrogen) atoms. The molecule has 0 fully saturated rings. The van der Waals surface area contributed by atoms with Crippen LogP contribution in [-0.2, 0) is 9.59 Å². The second-order valence-electron chi connectivity index (χ2n) is 4.73. The van der Waals surface area contributed by atoms with Crippen LogP contribution in [0.1, 0.15) is 45.4 Å². The first-order valence-corrected chi connectivity index (χ1v) is 5.92. The average Bonchev–Trinajstić information content (AvgIpc) is 2.41. The van der Waals surface area contributed by atoms with Crippen LogP contribution in [0.5, 0.6) is 0 Å². The van der Waals surface area contributed by atoms with E-state index in [0.29, 0.717) is 12.8 Å². The Morgan fingerprint density at radius 3 is 2.94 bits per heavy atom. The minimum absolute atomic E-state index is 0.0461. The summed E-state index contributed by atoms with van der Waals surface area (Å²) in [6.45, 7) is 1.85. The van der Waals surface area contributed by atoms with Gasteiger partial charge >= 0.3 is 0 Å². The van der Waals surface area contributed by atoms with E-state index in [1.54, 1.807) is 6.08 Å². The molecule has 1 unspecified atom stereocenters. The molecule has 3 nitrogen and oxygen atoms in total. The molecular weight excluding hydrogens is 204 g/mol. The van der Waals surface area contributed by atoms with Gasteiger partial charge in [0.15, 0.2) is 5.78 Å². The van der Waals surface area contributed by atoms with Gasteiger partial charge in [-0.3, -0.25) is 9.59 Å². The van der Waals surface area contributed by atoms with E-state index in [-0.39, 0.29) is 30.0 Å². The normalized spacial score (nSPS) is 25.5. The van der Waals surface area contributed by atoms with Gasteiger partial charge in [0.25, 0.3) is 0 Å². The van der Waals surface area contributed by atoms with Gasteiger partial charge in [0.05, 0.1) is 0 Å². The number of carbonyl (C=O) groups is 2. The lowest BCUT2D eigenvalue weighted by atomic mass is 9.77. The maximum Gasteiger partial charge on any atom is 0.161 e. The fourth-order valence-electron chi connectivity index (χ4n) is 2.04. The Labute approximate surface area is 96.5 Å². The number of aliphatic hydroxyl groups excluding tert-OH is 1. The average molecular weight is 224 g/mol. The van der Waals surface area contributed by atoms with Crippen molar-refractivity contribution in [2.24, 2.45) is 5.41 Å². The zero-order chi connectivity index (χ0) is 12.0. The van der Waals surface area contributed by atoms with Crippen LogP contribution >= 0.6 is 0 Å². The Morgan fingerprint density at radius 2 is 2.25 bits per heavy atom. The number of allylic oxidation sites excluding steroid dienone is 2. The molecule has 1 N–H and O–H groups in total. The van der Waals surface area contributed by atoms with Crippen LogP contribution in [0.4, 0.5) is 0 Å². The number of rotatable bonds is 5. The summed E-state index contributed by atoms with van der Waals surface area (Å²) in [4.78, 5) is 23.2. The van der Waals surface area contributed by atoms with Gasteiger partial charge in [0, 0.05) is 24.9 Å². The van der Waals surface area contributed by atoms with Crippen LogP contribution in [0.2, 0.25) is 0 Å². The van der Waals surface area contributed by atoms with Crippen molar-refractivity contribution in [3.05, 3.63) is 12.2 Å². The number of ketones is 2. The molecule has 0 aromatic carbocycles. The maximum absolute atomic E-state index is 11.9. The predicted octanol–water partition coefficient (Wildman–Crippen LogP) is 2.03. The lowest BCUT2D eigenvalue weighted by Crippen LogP contribution is -2.26. The zero-order valence-electron chi connectivity index (χ0n) is 9.87. The molecule has 0 heterocycles. The summed E-state index contributed by atoms with van der Waals surface area (Å²) in [5.41, 5.74) is -0.377. The summed E-state index contributed by atoms with van der Waals surface area (Å²) < 4.78 is 0. The van der Waals surface area contributed by atoms with Crippen LogP contribution in [0.15, 0.2) is 12.2 Å². The summed E-state index contributed by atoms with van der Waals surface area (Å²) in [6.07, 6.45) is 7.60. The van der Waals surface area contributed by atoms with Crippen molar-refractivity contribution in [3.8, 4) is 0 Å². The van der Waals surface area contributed by atoms with Crippen molar-refractivity contribution >= 4 is 11.6 Å². The Hall–Kier alpha value is -0.960. The standard InChI is InChI=1S/C13H20O3/c1-13(9-6-11(15)7-10-14)8-4-2-3-5-12(13)16/h3,5,14H,2,4,6-10H2,1H3. The third kappa shape index (κ3) is 3.56. The highest BCUT2D eigenvalue weighted by Crippen LogP contribution is 2.33. The van der Waals surface area contributed by atoms with Crippen molar-refractivity contribution in [1.82, 2.24) is 0 Å². The smallest absolute Gasteiger partial charge is 0.161 e. The van der Waals surface area contributed by atoms with Crippen molar-refractivity contribution in [2.75, 3.05) is 6.61 Å². The number of aliphatic hydroxyl groups is 1. The van der Waals surface area contributed by atoms with E-state index >= 15 is 0 Å². The predicted molar refractivity (Wildman–Crippen MR) is 62.0 cm³/mol. The van der Waals surface area contributed by atoms with Crippen molar-refractivity contribution in [2.45, 2.75) is 45.4 Å². The molecule has 3 heteroatoms. The lowest BCUT2D eigenvalue weighted by Gasteiger charge is -2.25. The van der Waals surface area contributed by atoms with E-state index in [0.717, 1.165) is 19.3 Å². The molecule has 1 aliphatic carbocycles. The van der Waals surface area contributed by atoms with Crippen molar-refractivity contribution in [3.63, 3.8) is 0 Å². The van der Waals surface area contributed by atoms with E-state index in [4.69, 9.17) is 5.11 Å². The molecule has 1 rings (SSSR count). The van der Waals surface area contributed by atoms with Gasteiger partial charge in [-0.2, -0.15) is 0 Å². The van der Waals surface area contributed by atoms with Gasteiger partial charge in [0.1, 0.15) is 5.78 Å². The first kappa shape index (κ1) is 13.1. The van der Waals surface area contributed by atoms with Crippen LogP contribution in [-0.4, -0.2) is 23.3 Å². The van der Waals surface area contributed by atoms with Gasteiger partial charge in [-0.1, -0.05) is 13.0 Å². The van der Waals surface area contributed by atoms with E-state index in [1.165, 1.54) is 0 Å². The molecule has 0 aliphatic heterocycles. The van der Waals surface area contributed by atoms with E-state index in [9.17, 15) is 9.59 Å². The van der Waals surface area contributed by atoms with Gasteiger partial charge in [-0.25, -0.2) is 0 Å². The molecule has 1 atom stereocenters. The third-order valence-electron chi connectivity index (χ3n) is 3.31. The molecule has 0 radical (unpaired) electrons.